The van der Waals surface area contributed by atoms with Crippen LogP contribution in [0, 0.1) is 6.92 Å². The lowest BCUT2D eigenvalue weighted by Gasteiger charge is -2.35. The Labute approximate surface area is 187 Å². The van der Waals surface area contributed by atoms with Crippen LogP contribution in [0.2, 0.25) is 5.02 Å². The summed E-state index contributed by atoms with van der Waals surface area (Å²) in [6.07, 6.45) is 0.254. The third kappa shape index (κ3) is 5.09. The number of carbonyl (C=O) groups is 1. The maximum absolute atomic E-state index is 12.9. The normalized spacial score (nSPS) is 14.6. The van der Waals surface area contributed by atoms with Gasteiger partial charge in [0.05, 0.1) is 19.2 Å². The van der Waals surface area contributed by atoms with Crippen LogP contribution in [0.15, 0.2) is 52.9 Å². The molecule has 7 heteroatoms. The number of halogens is 1. The van der Waals surface area contributed by atoms with Crippen LogP contribution >= 0.6 is 11.6 Å². The summed E-state index contributed by atoms with van der Waals surface area (Å²) >= 11 is 6.15. The van der Waals surface area contributed by atoms with Gasteiger partial charge in [0.25, 0.3) is 0 Å². The third-order valence-electron chi connectivity index (χ3n) is 5.59. The van der Waals surface area contributed by atoms with E-state index in [1.54, 1.807) is 7.11 Å². The number of hydrogen-bond acceptors (Lipinski definition) is 5. The highest BCUT2D eigenvalue weighted by Crippen LogP contribution is 2.25. The van der Waals surface area contributed by atoms with Crippen molar-refractivity contribution < 1.29 is 13.9 Å². The zero-order valence-electron chi connectivity index (χ0n) is 17.8. The fourth-order valence-electron chi connectivity index (χ4n) is 3.82. The Morgan fingerprint density at radius 1 is 1.13 bits per heavy atom. The van der Waals surface area contributed by atoms with E-state index in [4.69, 9.17) is 20.8 Å². The quantitative estimate of drug-likeness (QED) is 0.576. The minimum atomic E-state index is 0.0796. The predicted octanol–water partition coefficient (Wildman–Crippen LogP) is 4.20. The highest BCUT2D eigenvalue weighted by atomic mass is 35.5. The second-order valence-corrected chi connectivity index (χ2v) is 8.11. The molecule has 0 aliphatic carbocycles. The van der Waals surface area contributed by atoms with Crippen molar-refractivity contribution in [3.8, 4) is 17.2 Å². The van der Waals surface area contributed by atoms with Gasteiger partial charge in [-0.1, -0.05) is 29.8 Å². The standard InChI is InChI=1S/C24H26ClN3O3/c1-17-21(26-24(31-17)18-6-4-3-5-7-18)15-23(29)28-12-10-27(11-13-28)16-19-14-20(25)8-9-22(19)30-2/h3-9,14H,10-13,15-16H2,1-2H3. The van der Waals surface area contributed by atoms with E-state index in [1.165, 1.54) is 0 Å². The Kier molecular flexibility index (Phi) is 6.59. The summed E-state index contributed by atoms with van der Waals surface area (Å²) in [5.41, 5.74) is 2.67. The molecule has 0 saturated carbocycles. The Hall–Kier alpha value is -2.83. The maximum atomic E-state index is 12.9. The summed E-state index contributed by atoms with van der Waals surface area (Å²) < 4.78 is 11.2. The Morgan fingerprint density at radius 2 is 1.87 bits per heavy atom. The number of aryl methyl sites for hydroxylation is 1. The first-order valence-corrected chi connectivity index (χ1v) is 10.8. The molecule has 2 aromatic carbocycles. The predicted molar refractivity (Wildman–Crippen MR) is 120 cm³/mol. The molecule has 0 radical (unpaired) electrons. The first kappa shape index (κ1) is 21.4. The largest absolute Gasteiger partial charge is 0.496 e. The van der Waals surface area contributed by atoms with Crippen molar-refractivity contribution in [2.24, 2.45) is 0 Å². The molecule has 1 aliphatic rings. The van der Waals surface area contributed by atoms with Gasteiger partial charge in [-0.05, 0) is 37.3 Å². The van der Waals surface area contributed by atoms with Crippen molar-refractivity contribution in [3.05, 3.63) is 70.6 Å². The average Bonchev–Trinajstić information content (AvgIpc) is 3.15. The maximum Gasteiger partial charge on any atom is 0.228 e. The van der Waals surface area contributed by atoms with Crippen LogP contribution in [0.4, 0.5) is 0 Å². The zero-order valence-corrected chi connectivity index (χ0v) is 18.6. The van der Waals surface area contributed by atoms with Crippen molar-refractivity contribution in [1.82, 2.24) is 14.8 Å². The molecule has 1 fully saturated rings. The molecule has 0 N–H and O–H groups in total. The first-order chi connectivity index (χ1) is 15.0. The summed E-state index contributed by atoms with van der Waals surface area (Å²) in [4.78, 5) is 21.6. The van der Waals surface area contributed by atoms with E-state index >= 15 is 0 Å². The van der Waals surface area contributed by atoms with Gasteiger partial charge in [0.15, 0.2) is 0 Å². The summed E-state index contributed by atoms with van der Waals surface area (Å²) in [5.74, 6) is 2.16. The molecule has 1 saturated heterocycles. The fourth-order valence-corrected chi connectivity index (χ4v) is 4.01. The monoisotopic (exact) mass is 439 g/mol. The van der Waals surface area contributed by atoms with Crippen molar-refractivity contribution in [2.45, 2.75) is 19.9 Å². The molecule has 31 heavy (non-hydrogen) atoms. The van der Waals surface area contributed by atoms with Crippen LogP contribution in [0.25, 0.3) is 11.5 Å². The number of aromatic nitrogens is 1. The summed E-state index contributed by atoms with van der Waals surface area (Å²) in [6, 6.07) is 15.4. The minimum absolute atomic E-state index is 0.0796. The summed E-state index contributed by atoms with van der Waals surface area (Å²) in [6.45, 7) is 5.57. The van der Waals surface area contributed by atoms with Crippen LogP contribution in [0.1, 0.15) is 17.0 Å². The molecule has 1 aromatic heterocycles. The second kappa shape index (κ2) is 9.54. The van der Waals surface area contributed by atoms with E-state index < -0.39 is 0 Å². The smallest absolute Gasteiger partial charge is 0.228 e. The number of ether oxygens (including phenoxy) is 1. The van der Waals surface area contributed by atoms with Crippen LogP contribution in [-0.4, -0.2) is 54.0 Å². The van der Waals surface area contributed by atoms with Gasteiger partial charge in [0.1, 0.15) is 11.5 Å². The van der Waals surface area contributed by atoms with Gasteiger partial charge in [-0.25, -0.2) is 4.98 Å². The van der Waals surface area contributed by atoms with Gasteiger partial charge in [0, 0.05) is 48.9 Å². The van der Waals surface area contributed by atoms with Crippen molar-refractivity contribution in [1.29, 1.82) is 0 Å². The van der Waals surface area contributed by atoms with Crippen LogP contribution in [-0.2, 0) is 17.8 Å². The number of nitrogens with zero attached hydrogens (tertiary/aromatic N) is 3. The second-order valence-electron chi connectivity index (χ2n) is 7.68. The van der Waals surface area contributed by atoms with Crippen LogP contribution < -0.4 is 4.74 Å². The third-order valence-corrected chi connectivity index (χ3v) is 5.83. The Balaban J connectivity index is 1.34. The number of hydrogen-bond donors (Lipinski definition) is 0. The average molecular weight is 440 g/mol. The molecule has 0 unspecified atom stereocenters. The van der Waals surface area contributed by atoms with E-state index in [0.29, 0.717) is 35.5 Å². The number of rotatable bonds is 6. The molecule has 0 atom stereocenters. The van der Waals surface area contributed by atoms with Gasteiger partial charge in [-0.2, -0.15) is 0 Å². The molecule has 4 rings (SSSR count). The molecule has 1 aliphatic heterocycles. The van der Waals surface area contributed by atoms with E-state index in [2.05, 4.69) is 9.88 Å². The summed E-state index contributed by atoms with van der Waals surface area (Å²) in [5, 5.41) is 0.697. The van der Waals surface area contributed by atoms with Gasteiger partial charge in [-0.15, -0.1) is 0 Å². The van der Waals surface area contributed by atoms with Gasteiger partial charge in [-0.3, -0.25) is 9.69 Å². The Bertz CT molecular complexity index is 1040. The van der Waals surface area contributed by atoms with E-state index in [-0.39, 0.29) is 12.3 Å². The molecule has 1 amide bonds. The van der Waals surface area contributed by atoms with Gasteiger partial charge < -0.3 is 14.1 Å². The molecule has 3 aromatic rings. The highest BCUT2D eigenvalue weighted by Gasteiger charge is 2.24. The van der Waals surface area contributed by atoms with Crippen molar-refractivity contribution in [2.75, 3.05) is 33.3 Å². The minimum Gasteiger partial charge on any atom is -0.496 e. The molecule has 0 spiro atoms. The zero-order chi connectivity index (χ0) is 21.8. The number of methoxy groups -OCH3 is 1. The van der Waals surface area contributed by atoms with E-state index in [9.17, 15) is 4.79 Å². The molecule has 2 heterocycles. The van der Waals surface area contributed by atoms with Gasteiger partial charge >= 0.3 is 0 Å². The number of piperazine rings is 1. The molecular weight excluding hydrogens is 414 g/mol. The molecule has 6 nitrogen and oxygen atoms in total. The van der Waals surface area contributed by atoms with Gasteiger partial charge in [0.2, 0.25) is 11.8 Å². The lowest BCUT2D eigenvalue weighted by Crippen LogP contribution is -2.48. The lowest BCUT2D eigenvalue weighted by atomic mass is 10.1. The van der Waals surface area contributed by atoms with Crippen LogP contribution in [0.5, 0.6) is 5.75 Å². The highest BCUT2D eigenvalue weighted by molar-refractivity contribution is 6.30. The van der Waals surface area contributed by atoms with Crippen LogP contribution in [0.3, 0.4) is 0 Å². The fraction of sp³-hybridized carbons (Fsp3) is 0.333. The Morgan fingerprint density at radius 3 is 2.58 bits per heavy atom. The molecular formula is C24H26ClN3O3. The van der Waals surface area contributed by atoms with Crippen molar-refractivity contribution >= 4 is 17.5 Å². The summed E-state index contributed by atoms with van der Waals surface area (Å²) in [7, 11) is 1.67. The number of oxazole rings is 1. The SMILES string of the molecule is COc1ccc(Cl)cc1CN1CCN(C(=O)Cc2nc(-c3ccccc3)oc2C)CC1. The molecule has 162 valence electrons. The molecule has 0 bridgehead atoms. The van der Waals surface area contributed by atoms with E-state index in [1.807, 2.05) is 60.4 Å². The van der Waals surface area contributed by atoms with E-state index in [0.717, 1.165) is 36.5 Å². The number of benzene rings is 2. The van der Waals surface area contributed by atoms with Crippen molar-refractivity contribution in [3.63, 3.8) is 0 Å². The first-order valence-electron chi connectivity index (χ1n) is 10.4. The number of amides is 1. The topological polar surface area (TPSA) is 58.8 Å². The lowest BCUT2D eigenvalue weighted by molar-refractivity contribution is -0.132. The number of carbonyl (C=O) groups excluding carboxylic acids is 1.